The Kier molecular flexibility index (Phi) is 33.9. The molecule has 0 radical (unpaired) electrons. The van der Waals surface area contributed by atoms with Crippen molar-refractivity contribution in [3.8, 4) is 0 Å². The lowest BCUT2D eigenvalue weighted by Gasteiger charge is -2.47. The average Bonchev–Trinajstić information content (AvgIpc) is 3.29. The van der Waals surface area contributed by atoms with Gasteiger partial charge in [-0.05, 0) is 31.2 Å². The minimum atomic E-state index is -1.57. The van der Waals surface area contributed by atoms with Gasteiger partial charge in [0.05, 0.1) is 6.61 Å². The number of carbonyl (C=O) groups excluding carboxylic acids is 3. The minimum Gasteiger partial charge on any atom is -0.481 e. The molecule has 1 aromatic carbocycles. The Morgan fingerprint density at radius 2 is 1.05 bits per heavy atom. The number of nitrogens with one attached hydrogen (secondary N) is 2. The van der Waals surface area contributed by atoms with Crippen LogP contribution in [0.15, 0.2) is 30.3 Å². The van der Waals surface area contributed by atoms with Gasteiger partial charge in [-0.3, -0.25) is 19.2 Å². The lowest BCUT2D eigenvalue weighted by molar-refractivity contribution is -0.231. The lowest BCUT2D eigenvalue weighted by Crippen LogP contribution is -2.70. The fourth-order valence-electron chi connectivity index (χ4n) is 8.98. The Morgan fingerprint density at radius 3 is 1.52 bits per heavy atom. The van der Waals surface area contributed by atoms with Crippen molar-refractivity contribution >= 4 is 23.7 Å². The number of amides is 3. The summed E-state index contributed by atoms with van der Waals surface area (Å²) in [5, 5.41) is 47.6. The molecule has 374 valence electrons. The first-order valence-electron chi connectivity index (χ1n) is 26.4. The maximum absolute atomic E-state index is 14.3. The number of hydrogen-bond donors (Lipinski definition) is 6. The molecule has 1 aliphatic rings. The summed E-state index contributed by atoms with van der Waals surface area (Å²) in [5.41, 5.74) is 0.806. The zero-order valence-corrected chi connectivity index (χ0v) is 40.9. The second-order valence-corrected chi connectivity index (χ2v) is 18.8. The first kappa shape index (κ1) is 58.1. The van der Waals surface area contributed by atoms with E-state index < -0.39 is 55.1 Å². The normalized spacial score (nSPS) is 18.9. The van der Waals surface area contributed by atoms with Crippen LogP contribution in [0.25, 0.3) is 0 Å². The summed E-state index contributed by atoms with van der Waals surface area (Å²) in [4.78, 5) is 54.2. The fraction of sp³-hybridized carbons (Fsp3) is 0.811. The summed E-state index contributed by atoms with van der Waals surface area (Å²) in [6.07, 6.45) is 27.2. The zero-order valence-electron chi connectivity index (χ0n) is 40.9. The molecule has 12 nitrogen and oxygen atoms in total. The number of hydrogen-bond acceptors (Lipinski definition) is 8. The molecule has 65 heavy (non-hydrogen) atoms. The number of carboxylic acid groups (broad SMARTS) is 1. The maximum Gasteiger partial charge on any atom is 0.303 e. The van der Waals surface area contributed by atoms with Crippen molar-refractivity contribution in [2.45, 2.75) is 262 Å². The fourth-order valence-corrected chi connectivity index (χ4v) is 8.98. The predicted molar refractivity (Wildman–Crippen MR) is 260 cm³/mol. The summed E-state index contributed by atoms with van der Waals surface area (Å²) in [7, 11) is 0. The number of aliphatic hydroxyl groups is 3. The van der Waals surface area contributed by atoms with E-state index in [9.17, 15) is 34.5 Å². The van der Waals surface area contributed by atoms with Crippen LogP contribution in [0.1, 0.15) is 225 Å². The molecule has 0 aromatic heterocycles. The van der Waals surface area contributed by atoms with Crippen LogP contribution in [0.2, 0.25) is 0 Å². The topological polar surface area (TPSA) is 186 Å². The highest BCUT2D eigenvalue weighted by Crippen LogP contribution is 2.26. The summed E-state index contributed by atoms with van der Waals surface area (Å²) in [6, 6.07) is 6.99. The van der Waals surface area contributed by atoms with Gasteiger partial charge in [-0.1, -0.05) is 205 Å². The van der Waals surface area contributed by atoms with Crippen molar-refractivity contribution in [1.82, 2.24) is 15.5 Å². The third-order valence-corrected chi connectivity index (χ3v) is 13.1. The molecule has 6 N–H and O–H groups in total. The van der Waals surface area contributed by atoms with Crippen molar-refractivity contribution in [3.05, 3.63) is 35.9 Å². The number of aliphatic carboxylic acids is 1. The van der Waals surface area contributed by atoms with Crippen molar-refractivity contribution in [1.29, 1.82) is 0 Å². The SMILES string of the molecule is CCCCCCCCCCCCCCCCCC(=O)N(CCCCCCCCCCCC)[C@@H]1O[C@H](CO)[C@@H](O)[C@H](O)[C@H]1NC(=O)[C@H](Cc1ccccc1)NC(=O)CCCCCCC(=O)O. The van der Waals surface area contributed by atoms with Crippen LogP contribution >= 0.6 is 0 Å². The van der Waals surface area contributed by atoms with Crippen LogP contribution < -0.4 is 10.6 Å². The highest BCUT2D eigenvalue weighted by atomic mass is 16.5. The van der Waals surface area contributed by atoms with Gasteiger partial charge in [0.1, 0.15) is 30.4 Å². The largest absolute Gasteiger partial charge is 0.481 e. The predicted octanol–water partition coefficient (Wildman–Crippen LogP) is 10.1. The summed E-state index contributed by atoms with van der Waals surface area (Å²) >= 11 is 0. The van der Waals surface area contributed by atoms with Crippen LogP contribution in [-0.4, -0.2) is 98.8 Å². The van der Waals surface area contributed by atoms with Crippen molar-refractivity contribution in [2.75, 3.05) is 13.2 Å². The van der Waals surface area contributed by atoms with Gasteiger partial charge < -0.3 is 40.7 Å². The van der Waals surface area contributed by atoms with E-state index in [1.807, 2.05) is 30.3 Å². The summed E-state index contributed by atoms with van der Waals surface area (Å²) in [6.45, 7) is 4.23. The minimum absolute atomic E-state index is 0.0821. The summed E-state index contributed by atoms with van der Waals surface area (Å²) in [5.74, 6) is -1.93. The third kappa shape index (κ3) is 26.8. The van der Waals surface area contributed by atoms with Crippen molar-refractivity contribution in [2.24, 2.45) is 0 Å². The quantitative estimate of drug-likeness (QED) is 0.0348. The molecule has 6 atom stereocenters. The molecule has 0 bridgehead atoms. The van der Waals surface area contributed by atoms with E-state index in [1.54, 1.807) is 4.90 Å². The molecular formula is C53H93N3O9. The number of carbonyl (C=O) groups is 4. The molecule has 1 saturated heterocycles. The molecule has 2 rings (SSSR count). The maximum atomic E-state index is 14.3. The monoisotopic (exact) mass is 916 g/mol. The number of benzene rings is 1. The van der Waals surface area contributed by atoms with E-state index in [1.165, 1.54) is 109 Å². The molecule has 1 aromatic rings. The van der Waals surface area contributed by atoms with E-state index in [-0.39, 0.29) is 37.5 Å². The first-order valence-corrected chi connectivity index (χ1v) is 26.4. The van der Waals surface area contributed by atoms with Gasteiger partial charge in [0.2, 0.25) is 17.7 Å². The van der Waals surface area contributed by atoms with E-state index >= 15 is 0 Å². The lowest BCUT2D eigenvalue weighted by atomic mass is 9.94. The van der Waals surface area contributed by atoms with Gasteiger partial charge in [-0.25, -0.2) is 0 Å². The zero-order chi connectivity index (χ0) is 47.3. The average molecular weight is 916 g/mol. The molecule has 3 amide bonds. The van der Waals surface area contributed by atoms with Crippen LogP contribution in [0.5, 0.6) is 0 Å². The molecule has 0 spiro atoms. The number of ether oxygens (including phenoxy) is 1. The van der Waals surface area contributed by atoms with Crippen molar-refractivity contribution < 1.29 is 44.3 Å². The number of carboxylic acids is 1. The third-order valence-electron chi connectivity index (χ3n) is 13.1. The Bertz CT molecular complexity index is 1370. The van der Waals surface area contributed by atoms with Gasteiger partial charge >= 0.3 is 5.97 Å². The van der Waals surface area contributed by atoms with Gasteiger partial charge in [-0.15, -0.1) is 0 Å². The van der Waals surface area contributed by atoms with Gasteiger partial charge in [0, 0.05) is 32.2 Å². The van der Waals surface area contributed by atoms with Gasteiger partial charge in [0.15, 0.2) is 6.23 Å². The van der Waals surface area contributed by atoms with Crippen LogP contribution in [0.3, 0.4) is 0 Å². The Labute approximate surface area is 393 Å². The number of nitrogens with zero attached hydrogens (tertiary/aromatic N) is 1. The molecule has 1 heterocycles. The standard InChI is InChI=1S/C53H93N3O9/c1-3-5-7-9-11-13-15-16-17-18-19-20-22-24-32-38-47(59)56(40-34-27-23-21-14-12-10-8-6-4-2)53-49(51(63)50(62)45(42-57)65-53)55-52(64)44(41-43-35-29-28-30-36-43)54-46(58)37-31-25-26-33-39-48(60)61/h28-30,35-36,44-45,49-51,53,57,62-63H,3-27,31-34,37-42H2,1-2H3,(H,54,58)(H,55,64)(H,60,61)/t44-,45+,49+,50+,51+,53+/m0/s1. The van der Waals surface area contributed by atoms with Gasteiger partial charge in [-0.2, -0.15) is 0 Å². The molecule has 0 unspecified atom stereocenters. The molecule has 0 saturated carbocycles. The molecule has 0 aliphatic carbocycles. The van der Waals surface area contributed by atoms with Crippen LogP contribution in [-0.2, 0) is 30.3 Å². The van der Waals surface area contributed by atoms with Crippen LogP contribution in [0, 0.1) is 0 Å². The second kappa shape index (κ2) is 38.0. The number of rotatable bonds is 41. The van der Waals surface area contributed by atoms with E-state index in [4.69, 9.17) is 9.84 Å². The second-order valence-electron chi connectivity index (χ2n) is 18.8. The summed E-state index contributed by atoms with van der Waals surface area (Å²) < 4.78 is 6.27. The highest BCUT2D eigenvalue weighted by molar-refractivity contribution is 5.88. The smallest absolute Gasteiger partial charge is 0.303 e. The van der Waals surface area contributed by atoms with E-state index in [2.05, 4.69) is 24.5 Å². The van der Waals surface area contributed by atoms with E-state index in [0.717, 1.165) is 44.1 Å². The van der Waals surface area contributed by atoms with Crippen molar-refractivity contribution in [3.63, 3.8) is 0 Å². The molecular weight excluding hydrogens is 823 g/mol. The van der Waals surface area contributed by atoms with Crippen LogP contribution in [0.4, 0.5) is 0 Å². The highest BCUT2D eigenvalue weighted by Gasteiger charge is 2.48. The Balaban J connectivity index is 2.12. The first-order chi connectivity index (χ1) is 31.6. The Hall–Kier alpha value is -3.06. The Morgan fingerprint density at radius 1 is 0.600 bits per heavy atom. The molecule has 1 aliphatic heterocycles. The van der Waals surface area contributed by atoms with E-state index in [0.29, 0.717) is 45.1 Å². The van der Waals surface area contributed by atoms with Gasteiger partial charge in [0.25, 0.3) is 0 Å². The number of aliphatic hydroxyl groups excluding tert-OH is 3. The molecule has 12 heteroatoms. The number of unbranched alkanes of at least 4 members (excludes halogenated alkanes) is 26. The molecule has 1 fully saturated rings.